The molecule has 0 aliphatic carbocycles. The number of nitrogens with zero attached hydrogens (tertiary/aromatic N) is 1. The Kier molecular flexibility index (Phi) is 6.01. The molecule has 1 amide bonds. The van der Waals surface area contributed by atoms with Gasteiger partial charge < -0.3 is 5.32 Å². The van der Waals surface area contributed by atoms with Gasteiger partial charge in [-0.05, 0) is 42.7 Å². The Morgan fingerprint density at radius 1 is 0.897 bits per heavy atom. The Morgan fingerprint density at radius 3 is 2.52 bits per heavy atom. The van der Waals surface area contributed by atoms with Crippen LogP contribution in [0.25, 0.3) is 22.2 Å². The first-order valence-corrected chi connectivity index (χ1v) is 10.5. The quantitative estimate of drug-likeness (QED) is 0.369. The maximum absolute atomic E-state index is 13.0. The van der Waals surface area contributed by atoms with Gasteiger partial charge in [-0.1, -0.05) is 76.6 Å². The Bertz CT molecular complexity index is 1140. The number of rotatable bonds is 6. The molecule has 0 saturated heterocycles. The molecule has 0 unspecified atom stereocenters. The summed E-state index contributed by atoms with van der Waals surface area (Å²) < 4.78 is 0.983. The van der Waals surface area contributed by atoms with E-state index in [2.05, 4.69) is 33.4 Å². The van der Waals surface area contributed by atoms with Crippen LogP contribution in [0.15, 0.2) is 89.4 Å². The van der Waals surface area contributed by atoms with Crippen molar-refractivity contribution in [2.75, 3.05) is 6.54 Å². The van der Waals surface area contributed by atoms with E-state index in [-0.39, 0.29) is 5.91 Å². The molecule has 3 aromatic carbocycles. The van der Waals surface area contributed by atoms with E-state index in [1.807, 2.05) is 72.8 Å². The molecule has 1 N–H and O–H groups in total. The molecule has 0 spiro atoms. The highest BCUT2D eigenvalue weighted by molar-refractivity contribution is 9.10. The number of carbonyl (C=O) groups is 1. The second-order valence-electron chi connectivity index (χ2n) is 6.93. The third kappa shape index (κ3) is 4.72. The van der Waals surface area contributed by atoms with Crippen LogP contribution in [0.1, 0.15) is 22.3 Å². The highest BCUT2D eigenvalue weighted by Crippen LogP contribution is 2.26. The lowest BCUT2D eigenvalue weighted by atomic mass is 10.0. The molecule has 4 aromatic rings. The van der Waals surface area contributed by atoms with Crippen molar-refractivity contribution in [3.63, 3.8) is 0 Å². The van der Waals surface area contributed by atoms with E-state index >= 15 is 0 Å². The van der Waals surface area contributed by atoms with E-state index in [4.69, 9.17) is 4.98 Å². The lowest BCUT2D eigenvalue weighted by molar-refractivity contribution is 0.0955. The Hall–Kier alpha value is -2.98. The summed E-state index contributed by atoms with van der Waals surface area (Å²) in [4.78, 5) is 17.7. The lowest BCUT2D eigenvalue weighted by Gasteiger charge is -2.11. The molecule has 0 bridgehead atoms. The normalized spacial score (nSPS) is 10.8. The van der Waals surface area contributed by atoms with E-state index in [0.717, 1.165) is 39.5 Å². The van der Waals surface area contributed by atoms with Crippen molar-refractivity contribution in [2.24, 2.45) is 0 Å². The van der Waals surface area contributed by atoms with Crippen molar-refractivity contribution in [1.29, 1.82) is 0 Å². The molecule has 0 radical (unpaired) electrons. The van der Waals surface area contributed by atoms with Crippen molar-refractivity contribution >= 4 is 32.7 Å². The van der Waals surface area contributed by atoms with Gasteiger partial charge >= 0.3 is 0 Å². The Labute approximate surface area is 178 Å². The minimum Gasteiger partial charge on any atom is -0.352 e. The predicted octanol–water partition coefficient (Wildman–Crippen LogP) is 6.03. The van der Waals surface area contributed by atoms with E-state index < -0.39 is 0 Å². The maximum atomic E-state index is 13.0. The van der Waals surface area contributed by atoms with Crippen LogP contribution in [0.4, 0.5) is 0 Å². The third-order valence-corrected chi connectivity index (χ3v) is 5.35. The summed E-state index contributed by atoms with van der Waals surface area (Å²) in [5.41, 5.74) is 4.53. The summed E-state index contributed by atoms with van der Waals surface area (Å²) in [6.07, 6.45) is 1.85. The van der Waals surface area contributed by atoms with Gasteiger partial charge in [0.15, 0.2) is 0 Å². The first-order chi connectivity index (χ1) is 14.2. The van der Waals surface area contributed by atoms with Crippen LogP contribution in [0.3, 0.4) is 0 Å². The number of aryl methyl sites for hydroxylation is 1. The predicted molar refractivity (Wildman–Crippen MR) is 122 cm³/mol. The summed E-state index contributed by atoms with van der Waals surface area (Å²) in [7, 11) is 0. The van der Waals surface area contributed by atoms with Crippen LogP contribution < -0.4 is 5.32 Å². The average Bonchev–Trinajstić information content (AvgIpc) is 2.76. The molecule has 29 heavy (non-hydrogen) atoms. The van der Waals surface area contributed by atoms with E-state index in [0.29, 0.717) is 12.1 Å². The standard InChI is InChI=1S/C25H21BrN2O/c26-20-12-6-11-19(16-20)24-17-22(21-13-4-5-14-23(21)28-24)25(29)27-15-7-10-18-8-2-1-3-9-18/h1-6,8-9,11-14,16-17H,7,10,15H2,(H,27,29). The summed E-state index contributed by atoms with van der Waals surface area (Å²) in [6, 6.07) is 28.0. The number of hydrogen-bond acceptors (Lipinski definition) is 2. The van der Waals surface area contributed by atoms with E-state index in [1.165, 1.54) is 5.56 Å². The van der Waals surface area contributed by atoms with Crippen LogP contribution in [0.5, 0.6) is 0 Å². The summed E-state index contributed by atoms with van der Waals surface area (Å²) >= 11 is 3.51. The van der Waals surface area contributed by atoms with Crippen molar-refractivity contribution in [3.8, 4) is 11.3 Å². The maximum Gasteiger partial charge on any atom is 0.252 e. The number of amides is 1. The van der Waals surface area contributed by atoms with Gasteiger partial charge in [-0.25, -0.2) is 4.98 Å². The highest BCUT2D eigenvalue weighted by Gasteiger charge is 2.13. The van der Waals surface area contributed by atoms with Crippen molar-refractivity contribution < 1.29 is 4.79 Å². The minimum absolute atomic E-state index is 0.0621. The summed E-state index contributed by atoms with van der Waals surface area (Å²) in [6.45, 7) is 0.636. The molecule has 0 fully saturated rings. The molecule has 4 heteroatoms. The molecule has 0 aliphatic heterocycles. The lowest BCUT2D eigenvalue weighted by Crippen LogP contribution is -2.25. The molecule has 0 atom stereocenters. The van der Waals surface area contributed by atoms with Gasteiger partial charge in [-0.3, -0.25) is 4.79 Å². The zero-order valence-corrected chi connectivity index (χ0v) is 17.5. The fraction of sp³-hybridized carbons (Fsp3) is 0.120. The number of nitrogens with one attached hydrogen (secondary N) is 1. The SMILES string of the molecule is O=C(NCCCc1ccccc1)c1cc(-c2cccc(Br)c2)nc2ccccc12. The zero-order valence-electron chi connectivity index (χ0n) is 15.9. The zero-order chi connectivity index (χ0) is 20.1. The molecule has 1 heterocycles. The molecular weight excluding hydrogens is 424 g/mol. The van der Waals surface area contributed by atoms with E-state index in [1.54, 1.807) is 0 Å². The summed E-state index contributed by atoms with van der Waals surface area (Å²) in [5, 5.41) is 3.94. The molecular formula is C25H21BrN2O. The highest BCUT2D eigenvalue weighted by atomic mass is 79.9. The van der Waals surface area contributed by atoms with Gasteiger partial charge in [0.2, 0.25) is 0 Å². The van der Waals surface area contributed by atoms with Gasteiger partial charge in [-0.15, -0.1) is 0 Å². The van der Waals surface area contributed by atoms with Crippen molar-refractivity contribution in [3.05, 3.63) is 101 Å². The van der Waals surface area contributed by atoms with Crippen LogP contribution in [0, 0.1) is 0 Å². The molecule has 1 aromatic heterocycles. The van der Waals surface area contributed by atoms with Gasteiger partial charge in [0.1, 0.15) is 0 Å². The second kappa shape index (κ2) is 9.01. The molecule has 4 rings (SSSR count). The molecule has 0 aliphatic rings. The van der Waals surface area contributed by atoms with Crippen LogP contribution in [0.2, 0.25) is 0 Å². The molecule has 144 valence electrons. The third-order valence-electron chi connectivity index (χ3n) is 4.85. The fourth-order valence-electron chi connectivity index (χ4n) is 3.39. The number of para-hydroxylation sites is 1. The number of pyridine rings is 1. The van der Waals surface area contributed by atoms with Crippen LogP contribution in [-0.4, -0.2) is 17.4 Å². The number of carbonyl (C=O) groups excluding carboxylic acids is 1. The topological polar surface area (TPSA) is 42.0 Å². The number of benzene rings is 3. The molecule has 0 saturated carbocycles. The first kappa shape index (κ1) is 19.3. The van der Waals surface area contributed by atoms with E-state index in [9.17, 15) is 4.79 Å². The average molecular weight is 445 g/mol. The summed E-state index contributed by atoms with van der Waals surface area (Å²) in [5.74, 6) is -0.0621. The smallest absolute Gasteiger partial charge is 0.252 e. The number of hydrogen-bond donors (Lipinski definition) is 1. The van der Waals surface area contributed by atoms with Crippen LogP contribution >= 0.6 is 15.9 Å². The monoisotopic (exact) mass is 444 g/mol. The van der Waals surface area contributed by atoms with Gasteiger partial charge in [-0.2, -0.15) is 0 Å². The van der Waals surface area contributed by atoms with Gasteiger partial charge in [0, 0.05) is 22.0 Å². The Morgan fingerprint density at radius 2 is 1.69 bits per heavy atom. The van der Waals surface area contributed by atoms with Gasteiger partial charge in [0.05, 0.1) is 16.8 Å². The number of fused-ring (bicyclic) bond motifs is 1. The van der Waals surface area contributed by atoms with Crippen molar-refractivity contribution in [2.45, 2.75) is 12.8 Å². The first-order valence-electron chi connectivity index (χ1n) is 9.68. The minimum atomic E-state index is -0.0621. The number of aromatic nitrogens is 1. The second-order valence-corrected chi connectivity index (χ2v) is 7.84. The fourth-order valence-corrected chi connectivity index (χ4v) is 3.79. The van der Waals surface area contributed by atoms with Gasteiger partial charge in [0.25, 0.3) is 5.91 Å². The van der Waals surface area contributed by atoms with Crippen LogP contribution in [-0.2, 0) is 6.42 Å². The molecule has 3 nitrogen and oxygen atoms in total. The number of halogens is 1. The Balaban J connectivity index is 1.56. The largest absolute Gasteiger partial charge is 0.352 e. The van der Waals surface area contributed by atoms with Crippen molar-refractivity contribution in [1.82, 2.24) is 10.3 Å².